The third kappa shape index (κ3) is 4.18. The Bertz CT molecular complexity index is 641. The van der Waals surface area contributed by atoms with Gasteiger partial charge in [-0.2, -0.15) is 0 Å². The van der Waals surface area contributed by atoms with Crippen LogP contribution in [0.5, 0.6) is 0 Å². The topological polar surface area (TPSA) is 59.8 Å². The summed E-state index contributed by atoms with van der Waals surface area (Å²) in [4.78, 5) is 20.6. The molecule has 0 spiro atoms. The Morgan fingerprint density at radius 3 is 2.74 bits per heavy atom. The zero-order chi connectivity index (χ0) is 16.1. The number of carbonyl (C=O) groups is 1. The van der Waals surface area contributed by atoms with Gasteiger partial charge in [-0.15, -0.1) is 0 Å². The maximum absolute atomic E-state index is 12.1. The number of anilines is 1. The summed E-state index contributed by atoms with van der Waals surface area (Å²) in [5.74, 6) is 2.52. The van der Waals surface area contributed by atoms with Gasteiger partial charge >= 0.3 is 0 Å². The van der Waals surface area contributed by atoms with E-state index in [0.717, 1.165) is 29.7 Å². The summed E-state index contributed by atoms with van der Waals surface area (Å²) >= 11 is 0. The van der Waals surface area contributed by atoms with Crippen LogP contribution in [-0.4, -0.2) is 20.4 Å². The molecule has 1 saturated carbocycles. The molecule has 2 heterocycles. The van der Waals surface area contributed by atoms with Crippen LogP contribution in [0.2, 0.25) is 0 Å². The molecule has 23 heavy (non-hydrogen) atoms. The standard InChI is InChI=1S/C18H24N4O/c1-14-19-11-12-22(14)17-9-8-16(13-20-17)21-18(23)10-7-15-5-3-2-4-6-15/h8-9,11-13,15H,2-7,10H2,1H3,(H,21,23). The van der Waals surface area contributed by atoms with Crippen LogP contribution in [0.3, 0.4) is 0 Å². The minimum atomic E-state index is 0.0870. The molecule has 3 rings (SSSR count). The Hall–Kier alpha value is -2.17. The first-order chi connectivity index (χ1) is 11.2. The Kier molecular flexibility index (Phi) is 5.05. The van der Waals surface area contributed by atoms with Crippen molar-refractivity contribution >= 4 is 11.6 Å². The van der Waals surface area contributed by atoms with Crippen LogP contribution < -0.4 is 5.32 Å². The van der Waals surface area contributed by atoms with E-state index < -0.39 is 0 Å². The van der Waals surface area contributed by atoms with Gasteiger partial charge in [-0.05, 0) is 31.4 Å². The highest BCUT2D eigenvalue weighted by Gasteiger charge is 2.15. The minimum absolute atomic E-state index is 0.0870. The number of carbonyl (C=O) groups excluding carboxylic acids is 1. The molecule has 0 aliphatic heterocycles. The van der Waals surface area contributed by atoms with Crippen molar-refractivity contribution in [1.82, 2.24) is 14.5 Å². The second-order valence-electron chi connectivity index (χ2n) is 6.34. The summed E-state index contributed by atoms with van der Waals surface area (Å²) in [6, 6.07) is 3.78. The molecular weight excluding hydrogens is 288 g/mol. The fraction of sp³-hybridized carbons (Fsp3) is 0.500. The molecule has 5 heteroatoms. The number of hydrogen-bond acceptors (Lipinski definition) is 3. The van der Waals surface area contributed by atoms with Gasteiger partial charge in [0.25, 0.3) is 0 Å². The highest BCUT2D eigenvalue weighted by atomic mass is 16.1. The molecule has 2 aromatic rings. The van der Waals surface area contributed by atoms with Gasteiger partial charge in [-0.3, -0.25) is 9.36 Å². The highest BCUT2D eigenvalue weighted by Crippen LogP contribution is 2.27. The largest absolute Gasteiger partial charge is 0.325 e. The molecule has 0 atom stereocenters. The Labute approximate surface area is 137 Å². The van der Waals surface area contributed by atoms with Gasteiger partial charge in [0.2, 0.25) is 5.91 Å². The molecule has 2 aromatic heterocycles. The lowest BCUT2D eigenvalue weighted by Gasteiger charge is -2.20. The molecule has 1 N–H and O–H groups in total. The predicted molar refractivity (Wildman–Crippen MR) is 90.5 cm³/mol. The van der Waals surface area contributed by atoms with Crippen LogP contribution in [0.25, 0.3) is 5.82 Å². The van der Waals surface area contributed by atoms with E-state index in [9.17, 15) is 4.79 Å². The molecule has 0 bridgehead atoms. The van der Waals surface area contributed by atoms with Gasteiger partial charge < -0.3 is 5.32 Å². The molecule has 1 aliphatic carbocycles. The number of amides is 1. The first-order valence-corrected chi connectivity index (χ1v) is 8.48. The maximum Gasteiger partial charge on any atom is 0.224 e. The monoisotopic (exact) mass is 312 g/mol. The Balaban J connectivity index is 1.51. The van der Waals surface area contributed by atoms with Crippen LogP contribution in [0.1, 0.15) is 50.8 Å². The van der Waals surface area contributed by atoms with Crippen molar-refractivity contribution in [3.8, 4) is 5.82 Å². The van der Waals surface area contributed by atoms with Crippen molar-refractivity contribution in [3.63, 3.8) is 0 Å². The predicted octanol–water partition coefficient (Wildman–Crippen LogP) is 3.87. The molecule has 0 radical (unpaired) electrons. The van der Waals surface area contributed by atoms with Gasteiger partial charge in [-0.1, -0.05) is 32.1 Å². The number of imidazole rings is 1. The summed E-state index contributed by atoms with van der Waals surface area (Å²) in [5.41, 5.74) is 0.750. The van der Waals surface area contributed by atoms with Crippen LogP contribution in [0.15, 0.2) is 30.7 Å². The van der Waals surface area contributed by atoms with Crippen LogP contribution in [-0.2, 0) is 4.79 Å². The fourth-order valence-corrected chi connectivity index (χ4v) is 3.26. The number of hydrogen-bond donors (Lipinski definition) is 1. The van der Waals surface area contributed by atoms with E-state index >= 15 is 0 Å². The minimum Gasteiger partial charge on any atom is -0.325 e. The maximum atomic E-state index is 12.1. The Morgan fingerprint density at radius 2 is 2.09 bits per heavy atom. The van der Waals surface area contributed by atoms with Crippen molar-refractivity contribution in [2.45, 2.75) is 51.9 Å². The summed E-state index contributed by atoms with van der Waals surface area (Å²) in [6.45, 7) is 1.93. The molecule has 1 amide bonds. The first-order valence-electron chi connectivity index (χ1n) is 8.48. The van der Waals surface area contributed by atoms with Gasteiger partial charge in [0.05, 0.1) is 11.9 Å². The molecule has 0 aromatic carbocycles. The van der Waals surface area contributed by atoms with E-state index in [-0.39, 0.29) is 5.91 Å². The third-order valence-corrected chi connectivity index (χ3v) is 4.61. The van der Waals surface area contributed by atoms with Crippen LogP contribution >= 0.6 is 0 Å². The summed E-state index contributed by atoms with van der Waals surface area (Å²) in [5, 5.41) is 2.94. The third-order valence-electron chi connectivity index (χ3n) is 4.61. The second kappa shape index (κ2) is 7.40. The van der Waals surface area contributed by atoms with Crippen molar-refractivity contribution in [3.05, 3.63) is 36.5 Å². The zero-order valence-corrected chi connectivity index (χ0v) is 13.7. The average Bonchev–Trinajstić information content (AvgIpc) is 3.01. The molecule has 1 aliphatic rings. The fourth-order valence-electron chi connectivity index (χ4n) is 3.26. The van der Waals surface area contributed by atoms with E-state index in [4.69, 9.17) is 0 Å². The summed E-state index contributed by atoms with van der Waals surface area (Å²) < 4.78 is 1.91. The van der Waals surface area contributed by atoms with E-state index in [0.29, 0.717) is 6.42 Å². The summed E-state index contributed by atoms with van der Waals surface area (Å²) in [6.07, 6.45) is 13.5. The lowest BCUT2D eigenvalue weighted by atomic mass is 9.86. The van der Waals surface area contributed by atoms with Gasteiger partial charge in [0, 0.05) is 18.8 Å². The first kappa shape index (κ1) is 15.7. The van der Waals surface area contributed by atoms with Crippen LogP contribution in [0.4, 0.5) is 5.69 Å². The van der Waals surface area contributed by atoms with Gasteiger partial charge in [-0.25, -0.2) is 9.97 Å². The number of nitrogens with zero attached hydrogens (tertiary/aromatic N) is 3. The lowest BCUT2D eigenvalue weighted by molar-refractivity contribution is -0.116. The number of aromatic nitrogens is 3. The molecule has 0 unspecified atom stereocenters. The lowest BCUT2D eigenvalue weighted by Crippen LogP contribution is -2.15. The van der Waals surface area contributed by atoms with Crippen LogP contribution in [0, 0.1) is 12.8 Å². The van der Waals surface area contributed by atoms with E-state index in [1.165, 1.54) is 32.1 Å². The van der Waals surface area contributed by atoms with Crippen molar-refractivity contribution in [2.75, 3.05) is 5.32 Å². The van der Waals surface area contributed by atoms with E-state index in [1.807, 2.05) is 29.8 Å². The molecule has 0 saturated heterocycles. The number of aryl methyl sites for hydroxylation is 1. The summed E-state index contributed by atoms with van der Waals surface area (Å²) in [7, 11) is 0. The van der Waals surface area contributed by atoms with Crippen molar-refractivity contribution in [2.24, 2.45) is 5.92 Å². The normalized spacial score (nSPS) is 15.5. The zero-order valence-electron chi connectivity index (χ0n) is 13.7. The molecule has 5 nitrogen and oxygen atoms in total. The second-order valence-corrected chi connectivity index (χ2v) is 6.34. The molecule has 122 valence electrons. The number of nitrogens with one attached hydrogen (secondary N) is 1. The average molecular weight is 312 g/mol. The highest BCUT2D eigenvalue weighted by molar-refractivity contribution is 5.90. The van der Waals surface area contributed by atoms with E-state index in [2.05, 4.69) is 15.3 Å². The van der Waals surface area contributed by atoms with Gasteiger partial charge in [0.15, 0.2) is 0 Å². The number of rotatable bonds is 5. The molecule has 1 fully saturated rings. The smallest absolute Gasteiger partial charge is 0.224 e. The quantitative estimate of drug-likeness (QED) is 0.911. The number of pyridine rings is 1. The molecular formula is C18H24N4O. The van der Waals surface area contributed by atoms with Crippen molar-refractivity contribution < 1.29 is 4.79 Å². The SMILES string of the molecule is Cc1nccn1-c1ccc(NC(=O)CCC2CCCCC2)cn1. The van der Waals surface area contributed by atoms with Gasteiger partial charge in [0.1, 0.15) is 11.6 Å². The van der Waals surface area contributed by atoms with Crippen molar-refractivity contribution in [1.29, 1.82) is 0 Å². The van der Waals surface area contributed by atoms with E-state index in [1.54, 1.807) is 12.4 Å². The Morgan fingerprint density at radius 1 is 1.26 bits per heavy atom.